The van der Waals surface area contributed by atoms with Gasteiger partial charge in [0, 0.05) is 6.54 Å². The first-order valence-corrected chi connectivity index (χ1v) is 3.56. The highest BCUT2D eigenvalue weighted by Gasteiger charge is 2.43. The van der Waals surface area contributed by atoms with Crippen molar-refractivity contribution in [1.29, 1.82) is 0 Å². The van der Waals surface area contributed by atoms with Crippen molar-refractivity contribution in [2.45, 2.75) is 13.3 Å². The molecule has 11 heavy (non-hydrogen) atoms. The van der Waals surface area contributed by atoms with E-state index in [0.717, 1.165) is 0 Å². The molecule has 1 saturated heterocycles. The molecule has 0 aliphatic carbocycles. The van der Waals surface area contributed by atoms with Crippen molar-refractivity contribution in [2.75, 3.05) is 6.54 Å². The van der Waals surface area contributed by atoms with E-state index in [2.05, 4.69) is 11.9 Å². The van der Waals surface area contributed by atoms with Crippen LogP contribution in [0.3, 0.4) is 0 Å². The minimum absolute atomic E-state index is 0.123. The van der Waals surface area contributed by atoms with Crippen molar-refractivity contribution in [1.82, 2.24) is 5.32 Å². The molecule has 1 atom stereocenters. The van der Waals surface area contributed by atoms with Crippen molar-refractivity contribution in [2.24, 2.45) is 5.41 Å². The van der Waals surface area contributed by atoms with Gasteiger partial charge in [-0.15, -0.1) is 6.58 Å². The molecule has 0 saturated carbocycles. The highest BCUT2D eigenvalue weighted by Crippen LogP contribution is 2.28. The molecule has 0 aromatic carbocycles. The van der Waals surface area contributed by atoms with E-state index in [1.165, 1.54) is 13.0 Å². The van der Waals surface area contributed by atoms with E-state index < -0.39 is 5.41 Å². The Morgan fingerprint density at radius 2 is 2.45 bits per heavy atom. The highest BCUT2D eigenvalue weighted by atomic mass is 16.2. The van der Waals surface area contributed by atoms with Crippen LogP contribution in [0.1, 0.15) is 13.3 Å². The van der Waals surface area contributed by atoms with E-state index >= 15 is 0 Å². The summed E-state index contributed by atoms with van der Waals surface area (Å²) in [6.07, 6.45) is 1.99. The Morgan fingerprint density at radius 3 is 2.64 bits per heavy atom. The minimum Gasteiger partial charge on any atom is -0.355 e. The van der Waals surface area contributed by atoms with Crippen molar-refractivity contribution in [3.05, 3.63) is 12.7 Å². The average molecular weight is 153 g/mol. The van der Waals surface area contributed by atoms with Gasteiger partial charge in [-0.05, 0) is 13.3 Å². The van der Waals surface area contributed by atoms with Gasteiger partial charge >= 0.3 is 0 Å². The zero-order valence-corrected chi connectivity index (χ0v) is 6.52. The Bertz CT molecular complexity index is 222. The van der Waals surface area contributed by atoms with E-state index in [1.54, 1.807) is 0 Å². The van der Waals surface area contributed by atoms with Crippen molar-refractivity contribution < 1.29 is 9.59 Å². The summed E-state index contributed by atoms with van der Waals surface area (Å²) in [4.78, 5) is 22.2. The fourth-order valence-electron chi connectivity index (χ4n) is 1.32. The third-order valence-electron chi connectivity index (χ3n) is 2.19. The summed E-state index contributed by atoms with van der Waals surface area (Å²) in [5.41, 5.74) is -0.931. The molecule has 0 aromatic rings. The summed E-state index contributed by atoms with van der Waals surface area (Å²) in [5, 5.41) is 2.61. The molecule has 1 rings (SSSR count). The first kappa shape index (κ1) is 7.98. The maximum Gasteiger partial charge on any atom is 0.237 e. The first-order valence-electron chi connectivity index (χ1n) is 3.56. The zero-order valence-electron chi connectivity index (χ0n) is 6.52. The molecular formula is C8H11NO2. The molecule has 1 aliphatic rings. The number of carbonyl (C=O) groups is 2. The van der Waals surface area contributed by atoms with Gasteiger partial charge in [-0.1, -0.05) is 6.08 Å². The molecule has 60 valence electrons. The predicted octanol–water partition coefficient (Wildman–Crippen LogP) is 0.268. The molecule has 3 nitrogen and oxygen atoms in total. The minimum atomic E-state index is -0.931. The van der Waals surface area contributed by atoms with Gasteiger partial charge in [-0.3, -0.25) is 9.59 Å². The standard InChI is InChI=1S/C8H11NO2/c1-3-8(6(2)10)4-5-9-7(8)11/h3H,1,4-5H2,2H3,(H,9,11)/t8-/m0/s1. The molecule has 0 radical (unpaired) electrons. The number of ketones is 1. The fourth-order valence-corrected chi connectivity index (χ4v) is 1.32. The highest BCUT2D eigenvalue weighted by molar-refractivity contribution is 6.08. The second kappa shape index (κ2) is 2.49. The summed E-state index contributed by atoms with van der Waals surface area (Å²) in [5.74, 6) is -0.331. The maximum atomic E-state index is 11.2. The van der Waals surface area contributed by atoms with Crippen LogP contribution >= 0.6 is 0 Å². The molecule has 1 fully saturated rings. The Morgan fingerprint density at radius 1 is 1.82 bits per heavy atom. The topological polar surface area (TPSA) is 46.2 Å². The predicted molar refractivity (Wildman–Crippen MR) is 40.9 cm³/mol. The number of Topliss-reactive ketones (excluding diaryl/α,β-unsaturated/α-hetero) is 1. The normalized spacial score (nSPS) is 29.7. The van der Waals surface area contributed by atoms with Crippen LogP contribution in [0.2, 0.25) is 0 Å². The third kappa shape index (κ3) is 0.964. The van der Waals surface area contributed by atoms with Crippen LogP contribution in [0.4, 0.5) is 0 Å². The molecular weight excluding hydrogens is 142 g/mol. The molecule has 0 unspecified atom stereocenters. The van der Waals surface area contributed by atoms with Crippen molar-refractivity contribution >= 4 is 11.7 Å². The second-order valence-corrected chi connectivity index (χ2v) is 2.74. The van der Waals surface area contributed by atoms with Crippen LogP contribution in [0, 0.1) is 5.41 Å². The van der Waals surface area contributed by atoms with Crippen LogP contribution in [0.25, 0.3) is 0 Å². The summed E-state index contributed by atoms with van der Waals surface area (Å²) in [6.45, 7) is 5.50. The molecule has 1 aliphatic heterocycles. The lowest BCUT2D eigenvalue weighted by Crippen LogP contribution is -2.35. The SMILES string of the molecule is C=C[C@@]1(C(C)=O)CCNC1=O. The molecule has 0 spiro atoms. The molecule has 1 heterocycles. The number of hydrogen-bond acceptors (Lipinski definition) is 2. The van der Waals surface area contributed by atoms with E-state index in [9.17, 15) is 9.59 Å². The van der Waals surface area contributed by atoms with E-state index in [1.807, 2.05) is 0 Å². The largest absolute Gasteiger partial charge is 0.355 e. The number of rotatable bonds is 2. The van der Waals surface area contributed by atoms with Crippen LogP contribution < -0.4 is 5.32 Å². The van der Waals surface area contributed by atoms with Crippen LogP contribution in [-0.4, -0.2) is 18.2 Å². The average Bonchev–Trinajstić information content (AvgIpc) is 2.32. The monoisotopic (exact) mass is 153 g/mol. The lowest BCUT2D eigenvalue weighted by molar-refractivity contribution is -0.135. The molecule has 0 bridgehead atoms. The molecule has 1 amide bonds. The Kier molecular flexibility index (Phi) is 1.81. The number of hydrogen-bond donors (Lipinski definition) is 1. The van der Waals surface area contributed by atoms with Gasteiger partial charge in [0.2, 0.25) is 5.91 Å². The lowest BCUT2D eigenvalue weighted by atomic mass is 9.83. The van der Waals surface area contributed by atoms with E-state index in [4.69, 9.17) is 0 Å². The summed E-state index contributed by atoms with van der Waals surface area (Å²) in [7, 11) is 0. The van der Waals surface area contributed by atoms with Gasteiger partial charge < -0.3 is 5.32 Å². The van der Waals surface area contributed by atoms with Gasteiger partial charge in [0.1, 0.15) is 11.2 Å². The van der Waals surface area contributed by atoms with E-state index in [0.29, 0.717) is 13.0 Å². The smallest absolute Gasteiger partial charge is 0.237 e. The molecule has 3 heteroatoms. The fraction of sp³-hybridized carbons (Fsp3) is 0.500. The van der Waals surface area contributed by atoms with Crippen LogP contribution in [0.15, 0.2) is 12.7 Å². The quantitative estimate of drug-likeness (QED) is 0.457. The van der Waals surface area contributed by atoms with Gasteiger partial charge in [0.25, 0.3) is 0 Å². The van der Waals surface area contributed by atoms with Gasteiger partial charge in [0.15, 0.2) is 0 Å². The van der Waals surface area contributed by atoms with Crippen molar-refractivity contribution in [3.63, 3.8) is 0 Å². The Hall–Kier alpha value is -1.12. The van der Waals surface area contributed by atoms with E-state index in [-0.39, 0.29) is 11.7 Å². The van der Waals surface area contributed by atoms with Gasteiger partial charge in [0.05, 0.1) is 0 Å². The first-order chi connectivity index (χ1) is 5.13. The summed E-state index contributed by atoms with van der Waals surface area (Å²) in [6, 6.07) is 0. The van der Waals surface area contributed by atoms with Crippen molar-refractivity contribution in [3.8, 4) is 0 Å². The molecule has 1 N–H and O–H groups in total. The third-order valence-corrected chi connectivity index (χ3v) is 2.19. The number of nitrogens with one attached hydrogen (secondary N) is 1. The van der Waals surface area contributed by atoms with Crippen LogP contribution in [-0.2, 0) is 9.59 Å². The van der Waals surface area contributed by atoms with Gasteiger partial charge in [-0.2, -0.15) is 0 Å². The Labute approximate surface area is 65.5 Å². The summed E-state index contributed by atoms with van der Waals surface area (Å²) >= 11 is 0. The lowest BCUT2D eigenvalue weighted by Gasteiger charge is -2.16. The van der Waals surface area contributed by atoms with Gasteiger partial charge in [-0.25, -0.2) is 0 Å². The summed E-state index contributed by atoms with van der Waals surface area (Å²) < 4.78 is 0. The van der Waals surface area contributed by atoms with Crippen LogP contribution in [0.5, 0.6) is 0 Å². The second-order valence-electron chi connectivity index (χ2n) is 2.74. The number of amides is 1. The Balaban J connectivity index is 3.00. The number of carbonyl (C=O) groups excluding carboxylic acids is 2. The zero-order chi connectivity index (χ0) is 8.48. The molecule has 0 aromatic heterocycles. The maximum absolute atomic E-state index is 11.2.